The third-order valence-corrected chi connectivity index (χ3v) is 2.61. The SMILES string of the molecule is CNc1ccc(CNC2CC2)c(C)n1. The maximum absolute atomic E-state index is 4.44. The summed E-state index contributed by atoms with van der Waals surface area (Å²) in [5, 5.41) is 6.53. The predicted molar refractivity (Wildman–Crippen MR) is 58.4 cm³/mol. The molecule has 14 heavy (non-hydrogen) atoms. The van der Waals surface area contributed by atoms with Crippen LogP contribution in [0.4, 0.5) is 5.82 Å². The van der Waals surface area contributed by atoms with Crippen molar-refractivity contribution in [3.05, 3.63) is 23.4 Å². The second kappa shape index (κ2) is 3.96. The van der Waals surface area contributed by atoms with Crippen LogP contribution in [0.15, 0.2) is 12.1 Å². The number of hydrogen-bond acceptors (Lipinski definition) is 3. The Balaban J connectivity index is 2.01. The van der Waals surface area contributed by atoms with Crippen molar-refractivity contribution < 1.29 is 0 Å². The zero-order valence-corrected chi connectivity index (χ0v) is 8.80. The van der Waals surface area contributed by atoms with Crippen molar-refractivity contribution >= 4 is 5.82 Å². The van der Waals surface area contributed by atoms with Crippen molar-refractivity contribution in [2.75, 3.05) is 12.4 Å². The number of rotatable bonds is 4. The lowest BCUT2D eigenvalue weighted by atomic mass is 10.2. The summed E-state index contributed by atoms with van der Waals surface area (Å²) >= 11 is 0. The minimum Gasteiger partial charge on any atom is -0.373 e. The van der Waals surface area contributed by atoms with Gasteiger partial charge in [-0.25, -0.2) is 4.98 Å². The molecule has 0 bridgehead atoms. The Morgan fingerprint density at radius 2 is 2.21 bits per heavy atom. The lowest BCUT2D eigenvalue weighted by Crippen LogP contribution is -2.16. The van der Waals surface area contributed by atoms with Gasteiger partial charge in [-0.3, -0.25) is 0 Å². The Morgan fingerprint density at radius 3 is 2.79 bits per heavy atom. The number of aryl methyl sites for hydroxylation is 1. The summed E-state index contributed by atoms with van der Waals surface area (Å²) in [5.41, 5.74) is 2.42. The first-order chi connectivity index (χ1) is 6.79. The normalized spacial score (nSPS) is 15.6. The van der Waals surface area contributed by atoms with Gasteiger partial charge in [-0.2, -0.15) is 0 Å². The molecule has 1 heterocycles. The van der Waals surface area contributed by atoms with Crippen LogP contribution < -0.4 is 10.6 Å². The molecule has 0 aromatic carbocycles. The average molecular weight is 191 g/mol. The summed E-state index contributed by atoms with van der Waals surface area (Å²) in [4.78, 5) is 4.44. The summed E-state index contributed by atoms with van der Waals surface area (Å²) in [5.74, 6) is 0.942. The highest BCUT2D eigenvalue weighted by Crippen LogP contribution is 2.20. The number of aromatic nitrogens is 1. The van der Waals surface area contributed by atoms with E-state index < -0.39 is 0 Å². The van der Waals surface area contributed by atoms with Crippen LogP contribution in [0.3, 0.4) is 0 Å². The van der Waals surface area contributed by atoms with Gasteiger partial charge in [0.2, 0.25) is 0 Å². The summed E-state index contributed by atoms with van der Waals surface area (Å²) in [6, 6.07) is 4.93. The van der Waals surface area contributed by atoms with Crippen LogP contribution >= 0.6 is 0 Å². The van der Waals surface area contributed by atoms with Crippen molar-refractivity contribution in [3.63, 3.8) is 0 Å². The number of hydrogen-bond donors (Lipinski definition) is 2. The zero-order valence-electron chi connectivity index (χ0n) is 8.80. The van der Waals surface area contributed by atoms with Crippen LogP contribution in [-0.4, -0.2) is 18.1 Å². The van der Waals surface area contributed by atoms with Crippen LogP contribution in [0, 0.1) is 6.92 Å². The molecular weight excluding hydrogens is 174 g/mol. The highest BCUT2D eigenvalue weighted by atomic mass is 15.0. The van der Waals surface area contributed by atoms with E-state index in [1.165, 1.54) is 18.4 Å². The van der Waals surface area contributed by atoms with Crippen molar-refractivity contribution in [2.24, 2.45) is 0 Å². The smallest absolute Gasteiger partial charge is 0.125 e. The molecule has 0 atom stereocenters. The number of pyridine rings is 1. The fourth-order valence-corrected chi connectivity index (χ4v) is 1.46. The molecule has 1 saturated carbocycles. The Labute approximate surface area is 84.9 Å². The molecule has 0 amide bonds. The standard InChI is InChI=1S/C11H17N3/c1-8-9(7-13-10-4-5-10)3-6-11(12-2)14-8/h3,6,10,13H,4-5,7H2,1-2H3,(H,12,14). The molecule has 1 aliphatic rings. The minimum atomic E-state index is 0.762. The van der Waals surface area contributed by atoms with Crippen LogP contribution in [0.5, 0.6) is 0 Å². The molecule has 0 unspecified atom stereocenters. The van der Waals surface area contributed by atoms with Crippen molar-refractivity contribution in [2.45, 2.75) is 32.4 Å². The molecule has 3 heteroatoms. The van der Waals surface area contributed by atoms with Gasteiger partial charge in [0.15, 0.2) is 0 Å². The van der Waals surface area contributed by atoms with Gasteiger partial charge >= 0.3 is 0 Å². The largest absolute Gasteiger partial charge is 0.373 e. The number of nitrogens with zero attached hydrogens (tertiary/aromatic N) is 1. The van der Waals surface area contributed by atoms with E-state index in [0.717, 1.165) is 24.1 Å². The highest BCUT2D eigenvalue weighted by molar-refractivity contribution is 5.37. The molecule has 2 rings (SSSR count). The average Bonchev–Trinajstić information content (AvgIpc) is 2.99. The molecule has 2 N–H and O–H groups in total. The molecule has 0 radical (unpaired) electrons. The molecule has 1 fully saturated rings. The summed E-state index contributed by atoms with van der Waals surface area (Å²) in [7, 11) is 1.89. The predicted octanol–water partition coefficient (Wildman–Crippen LogP) is 1.68. The molecule has 0 spiro atoms. The van der Waals surface area contributed by atoms with E-state index in [0.29, 0.717) is 0 Å². The van der Waals surface area contributed by atoms with Gasteiger partial charge in [0.05, 0.1) is 0 Å². The molecule has 1 aliphatic carbocycles. The van der Waals surface area contributed by atoms with Crippen molar-refractivity contribution in [1.29, 1.82) is 0 Å². The fourth-order valence-electron chi connectivity index (χ4n) is 1.46. The van der Waals surface area contributed by atoms with Crippen LogP contribution in [0.1, 0.15) is 24.1 Å². The third kappa shape index (κ3) is 2.23. The van der Waals surface area contributed by atoms with Crippen LogP contribution in [-0.2, 0) is 6.54 Å². The van der Waals surface area contributed by atoms with Gasteiger partial charge in [-0.05, 0) is 31.4 Å². The third-order valence-electron chi connectivity index (χ3n) is 2.61. The minimum absolute atomic E-state index is 0.762. The molecule has 1 aromatic heterocycles. The first kappa shape index (κ1) is 9.46. The van der Waals surface area contributed by atoms with E-state index in [-0.39, 0.29) is 0 Å². The monoisotopic (exact) mass is 191 g/mol. The fraction of sp³-hybridized carbons (Fsp3) is 0.545. The van der Waals surface area contributed by atoms with Gasteiger partial charge in [0.1, 0.15) is 5.82 Å². The summed E-state index contributed by atoms with van der Waals surface area (Å²) < 4.78 is 0. The van der Waals surface area contributed by atoms with Gasteiger partial charge in [-0.15, -0.1) is 0 Å². The Kier molecular flexibility index (Phi) is 2.68. The number of anilines is 1. The van der Waals surface area contributed by atoms with Crippen molar-refractivity contribution in [1.82, 2.24) is 10.3 Å². The molecule has 1 aromatic rings. The van der Waals surface area contributed by atoms with Gasteiger partial charge in [-0.1, -0.05) is 6.07 Å². The lowest BCUT2D eigenvalue weighted by Gasteiger charge is -2.07. The lowest BCUT2D eigenvalue weighted by molar-refractivity contribution is 0.682. The summed E-state index contributed by atoms with van der Waals surface area (Å²) in [6.07, 6.45) is 2.67. The van der Waals surface area contributed by atoms with Crippen LogP contribution in [0.25, 0.3) is 0 Å². The Hall–Kier alpha value is -1.09. The first-order valence-electron chi connectivity index (χ1n) is 5.17. The quantitative estimate of drug-likeness (QED) is 0.760. The molecular formula is C11H17N3. The van der Waals surface area contributed by atoms with Gasteiger partial charge in [0.25, 0.3) is 0 Å². The summed E-state index contributed by atoms with van der Waals surface area (Å²) in [6.45, 7) is 3.01. The second-order valence-electron chi connectivity index (χ2n) is 3.85. The maximum Gasteiger partial charge on any atom is 0.125 e. The van der Waals surface area contributed by atoms with E-state index in [4.69, 9.17) is 0 Å². The van der Waals surface area contributed by atoms with E-state index in [1.54, 1.807) is 0 Å². The highest BCUT2D eigenvalue weighted by Gasteiger charge is 2.20. The maximum atomic E-state index is 4.44. The molecule has 3 nitrogen and oxygen atoms in total. The Morgan fingerprint density at radius 1 is 1.43 bits per heavy atom. The molecule has 0 saturated heterocycles. The molecule has 76 valence electrons. The van der Waals surface area contributed by atoms with E-state index in [2.05, 4.69) is 28.6 Å². The number of nitrogens with one attached hydrogen (secondary N) is 2. The van der Waals surface area contributed by atoms with Crippen LogP contribution in [0.2, 0.25) is 0 Å². The Bertz CT molecular complexity index is 318. The zero-order chi connectivity index (χ0) is 9.97. The van der Waals surface area contributed by atoms with Crippen molar-refractivity contribution in [3.8, 4) is 0 Å². The van der Waals surface area contributed by atoms with E-state index in [1.807, 2.05) is 13.1 Å². The molecule has 0 aliphatic heterocycles. The van der Waals surface area contributed by atoms with Gasteiger partial charge in [0, 0.05) is 25.3 Å². The van der Waals surface area contributed by atoms with E-state index >= 15 is 0 Å². The van der Waals surface area contributed by atoms with E-state index in [9.17, 15) is 0 Å². The topological polar surface area (TPSA) is 37.0 Å². The van der Waals surface area contributed by atoms with Gasteiger partial charge < -0.3 is 10.6 Å². The first-order valence-corrected chi connectivity index (χ1v) is 5.17. The second-order valence-corrected chi connectivity index (χ2v) is 3.85.